The smallest absolute Gasteiger partial charge is 0.132 e. The van der Waals surface area contributed by atoms with E-state index in [0.717, 1.165) is 5.56 Å². The normalized spacial score (nSPS) is 12.2. The first-order valence-electron chi connectivity index (χ1n) is 5.88. The number of nitrogens with one attached hydrogen (secondary N) is 1. The van der Waals surface area contributed by atoms with Crippen LogP contribution in [0, 0.1) is 12.7 Å². The van der Waals surface area contributed by atoms with Crippen molar-refractivity contribution in [1.29, 1.82) is 0 Å². The maximum absolute atomic E-state index is 14.1. The van der Waals surface area contributed by atoms with Crippen molar-refractivity contribution in [3.63, 3.8) is 0 Å². The summed E-state index contributed by atoms with van der Waals surface area (Å²) in [6, 6.07) is 7.92. The molecule has 0 bridgehead atoms. The third kappa shape index (κ3) is 2.72. The Bertz CT molecular complexity index is 574. The van der Waals surface area contributed by atoms with Crippen LogP contribution in [-0.4, -0.2) is 12.1 Å². The van der Waals surface area contributed by atoms with Crippen LogP contribution in [0.15, 0.2) is 36.5 Å². The molecular formula is C14H16FN3O. The van der Waals surface area contributed by atoms with Gasteiger partial charge in [-0.1, -0.05) is 12.1 Å². The second-order valence-corrected chi connectivity index (χ2v) is 4.19. The maximum Gasteiger partial charge on any atom is 0.132 e. The minimum atomic E-state index is -0.493. The fraction of sp³-hybridized carbons (Fsp3) is 0.214. The summed E-state index contributed by atoms with van der Waals surface area (Å²) in [7, 11) is 1.50. The molecule has 1 atom stereocenters. The van der Waals surface area contributed by atoms with Gasteiger partial charge in [-0.05, 0) is 24.6 Å². The van der Waals surface area contributed by atoms with Gasteiger partial charge in [0.05, 0.1) is 18.8 Å². The Hall–Kier alpha value is -1.98. The molecule has 0 saturated heterocycles. The Morgan fingerprint density at radius 3 is 2.74 bits per heavy atom. The van der Waals surface area contributed by atoms with E-state index in [9.17, 15) is 4.39 Å². The minimum Gasteiger partial charge on any atom is -0.497 e. The Kier molecular flexibility index (Phi) is 4.09. The molecule has 1 aromatic carbocycles. The number of methoxy groups -OCH3 is 1. The Morgan fingerprint density at radius 2 is 2.16 bits per heavy atom. The van der Waals surface area contributed by atoms with E-state index in [0.29, 0.717) is 17.0 Å². The summed E-state index contributed by atoms with van der Waals surface area (Å²) in [4.78, 5) is 4.27. The van der Waals surface area contributed by atoms with Gasteiger partial charge in [0.1, 0.15) is 11.6 Å². The molecule has 0 amide bonds. The average molecular weight is 261 g/mol. The van der Waals surface area contributed by atoms with E-state index >= 15 is 0 Å². The number of hydrazine groups is 1. The molecule has 3 N–H and O–H groups in total. The molecule has 0 aliphatic rings. The van der Waals surface area contributed by atoms with Gasteiger partial charge in [0.2, 0.25) is 0 Å². The number of aryl methyl sites for hydroxylation is 1. The summed E-state index contributed by atoms with van der Waals surface area (Å²) >= 11 is 0. The van der Waals surface area contributed by atoms with Crippen molar-refractivity contribution in [2.24, 2.45) is 5.84 Å². The molecule has 0 saturated carbocycles. The number of ether oxygens (including phenoxy) is 1. The summed E-state index contributed by atoms with van der Waals surface area (Å²) in [5, 5.41) is 0. The van der Waals surface area contributed by atoms with Crippen LogP contribution in [0.25, 0.3) is 0 Å². The van der Waals surface area contributed by atoms with Gasteiger partial charge in [-0.15, -0.1) is 0 Å². The highest BCUT2D eigenvalue weighted by atomic mass is 19.1. The molecule has 2 rings (SSSR count). The molecule has 1 unspecified atom stereocenters. The number of aromatic nitrogens is 1. The third-order valence-electron chi connectivity index (χ3n) is 3.01. The first-order chi connectivity index (χ1) is 9.17. The molecule has 2 aromatic rings. The predicted molar refractivity (Wildman–Crippen MR) is 71.1 cm³/mol. The summed E-state index contributed by atoms with van der Waals surface area (Å²) in [5.41, 5.74) is 4.69. The molecule has 0 aliphatic carbocycles. The van der Waals surface area contributed by atoms with Gasteiger partial charge in [0, 0.05) is 17.8 Å². The van der Waals surface area contributed by atoms with Crippen molar-refractivity contribution in [2.75, 3.05) is 7.11 Å². The Balaban J connectivity index is 2.46. The van der Waals surface area contributed by atoms with Crippen molar-refractivity contribution < 1.29 is 9.13 Å². The van der Waals surface area contributed by atoms with Crippen molar-refractivity contribution in [3.8, 4) is 5.75 Å². The highest BCUT2D eigenvalue weighted by molar-refractivity contribution is 5.36. The maximum atomic E-state index is 14.1. The first-order valence-corrected chi connectivity index (χ1v) is 5.88. The van der Waals surface area contributed by atoms with Crippen LogP contribution in [-0.2, 0) is 0 Å². The van der Waals surface area contributed by atoms with Crippen LogP contribution >= 0.6 is 0 Å². The molecule has 1 aromatic heterocycles. The lowest BCUT2D eigenvalue weighted by molar-refractivity contribution is 0.410. The lowest BCUT2D eigenvalue weighted by atomic mass is 10.00. The standard InChI is InChI=1S/C14H16FN3O/c1-9-4-3-7-17-13(9)14(18-16)11-6-5-10(19-2)8-12(11)15/h3-8,14,18H,16H2,1-2H3. The second kappa shape index (κ2) is 5.77. The van der Waals surface area contributed by atoms with Crippen molar-refractivity contribution >= 4 is 0 Å². The van der Waals surface area contributed by atoms with E-state index in [1.54, 1.807) is 18.3 Å². The quantitative estimate of drug-likeness (QED) is 0.653. The summed E-state index contributed by atoms with van der Waals surface area (Å²) < 4.78 is 19.1. The molecular weight excluding hydrogens is 245 g/mol. The van der Waals surface area contributed by atoms with Crippen LogP contribution in [0.2, 0.25) is 0 Å². The van der Waals surface area contributed by atoms with Crippen LogP contribution in [0.5, 0.6) is 5.75 Å². The molecule has 0 fully saturated rings. The van der Waals surface area contributed by atoms with E-state index in [-0.39, 0.29) is 5.82 Å². The highest BCUT2D eigenvalue weighted by Gasteiger charge is 2.19. The minimum absolute atomic E-state index is 0.382. The molecule has 0 aliphatic heterocycles. The first kappa shape index (κ1) is 13.5. The summed E-state index contributed by atoms with van der Waals surface area (Å²) in [6.07, 6.45) is 1.66. The number of benzene rings is 1. The third-order valence-corrected chi connectivity index (χ3v) is 3.01. The Labute approximate surface area is 111 Å². The lowest BCUT2D eigenvalue weighted by Crippen LogP contribution is -2.30. The molecule has 100 valence electrons. The number of hydrogen-bond acceptors (Lipinski definition) is 4. The number of hydrogen-bond donors (Lipinski definition) is 2. The van der Waals surface area contributed by atoms with Crippen molar-refractivity contribution in [2.45, 2.75) is 13.0 Å². The highest BCUT2D eigenvalue weighted by Crippen LogP contribution is 2.26. The molecule has 0 spiro atoms. The van der Waals surface area contributed by atoms with Gasteiger partial charge < -0.3 is 4.74 Å². The van der Waals surface area contributed by atoms with E-state index in [4.69, 9.17) is 10.6 Å². The van der Waals surface area contributed by atoms with E-state index < -0.39 is 6.04 Å². The largest absolute Gasteiger partial charge is 0.497 e. The zero-order valence-electron chi connectivity index (χ0n) is 10.9. The molecule has 19 heavy (non-hydrogen) atoms. The van der Waals surface area contributed by atoms with Crippen LogP contribution in [0.4, 0.5) is 4.39 Å². The molecule has 1 heterocycles. The van der Waals surface area contributed by atoms with Crippen molar-refractivity contribution in [3.05, 3.63) is 59.2 Å². The SMILES string of the molecule is COc1ccc(C(NN)c2ncccc2C)c(F)c1. The van der Waals surface area contributed by atoms with Gasteiger partial charge in [-0.3, -0.25) is 10.8 Å². The molecule has 4 nitrogen and oxygen atoms in total. The molecule has 5 heteroatoms. The average Bonchev–Trinajstić information content (AvgIpc) is 2.43. The van der Waals surface area contributed by atoms with Crippen LogP contribution in [0.1, 0.15) is 22.9 Å². The number of nitrogens with two attached hydrogens (primary N) is 1. The van der Waals surface area contributed by atoms with E-state index in [2.05, 4.69) is 10.4 Å². The Morgan fingerprint density at radius 1 is 1.37 bits per heavy atom. The second-order valence-electron chi connectivity index (χ2n) is 4.19. The fourth-order valence-electron chi connectivity index (χ4n) is 1.99. The summed E-state index contributed by atoms with van der Waals surface area (Å²) in [6.45, 7) is 1.91. The van der Waals surface area contributed by atoms with Gasteiger partial charge in [-0.2, -0.15) is 0 Å². The zero-order valence-corrected chi connectivity index (χ0v) is 10.9. The number of halogens is 1. The van der Waals surface area contributed by atoms with E-state index in [1.807, 2.05) is 19.1 Å². The lowest BCUT2D eigenvalue weighted by Gasteiger charge is -2.18. The van der Waals surface area contributed by atoms with Gasteiger partial charge in [0.25, 0.3) is 0 Å². The predicted octanol–water partition coefficient (Wildman–Crippen LogP) is 2.09. The van der Waals surface area contributed by atoms with Gasteiger partial charge in [0.15, 0.2) is 0 Å². The number of rotatable bonds is 4. The zero-order chi connectivity index (χ0) is 13.8. The topological polar surface area (TPSA) is 60.2 Å². The van der Waals surface area contributed by atoms with Crippen LogP contribution in [0.3, 0.4) is 0 Å². The van der Waals surface area contributed by atoms with Crippen molar-refractivity contribution in [1.82, 2.24) is 10.4 Å². The molecule has 0 radical (unpaired) electrons. The number of nitrogens with zero attached hydrogens (tertiary/aromatic N) is 1. The van der Waals surface area contributed by atoms with Gasteiger partial charge in [-0.25, -0.2) is 9.82 Å². The monoisotopic (exact) mass is 261 g/mol. The van der Waals surface area contributed by atoms with Gasteiger partial charge >= 0.3 is 0 Å². The van der Waals surface area contributed by atoms with E-state index in [1.165, 1.54) is 13.2 Å². The summed E-state index contributed by atoms with van der Waals surface area (Å²) in [5.74, 6) is 5.64. The fourth-order valence-corrected chi connectivity index (χ4v) is 1.99. The number of pyridine rings is 1. The van der Waals surface area contributed by atoms with Crippen LogP contribution < -0.4 is 16.0 Å².